The molecule has 5 heteroatoms. The largest absolute Gasteiger partial charge is 0.393 e. The summed E-state index contributed by atoms with van der Waals surface area (Å²) >= 11 is 0. The van der Waals surface area contributed by atoms with Crippen molar-refractivity contribution in [1.29, 1.82) is 0 Å². The third-order valence-electron chi connectivity index (χ3n) is 2.06. The van der Waals surface area contributed by atoms with E-state index < -0.39 is 12.1 Å². The Bertz CT molecular complexity index is 269. The van der Waals surface area contributed by atoms with Crippen molar-refractivity contribution in [2.75, 3.05) is 0 Å². The number of rotatable bonds is 5. The van der Waals surface area contributed by atoms with Gasteiger partial charge >= 0.3 is 0 Å². The van der Waals surface area contributed by atoms with E-state index in [-0.39, 0.29) is 23.8 Å². The summed E-state index contributed by atoms with van der Waals surface area (Å²) in [6, 6.07) is -0.560. The van der Waals surface area contributed by atoms with E-state index in [1.54, 1.807) is 13.8 Å². The van der Waals surface area contributed by atoms with Gasteiger partial charge in [0.15, 0.2) is 0 Å². The van der Waals surface area contributed by atoms with Crippen LogP contribution in [0.25, 0.3) is 0 Å². The molecule has 0 aromatic carbocycles. The Morgan fingerprint density at radius 2 is 1.76 bits per heavy atom. The molecule has 0 aliphatic carbocycles. The van der Waals surface area contributed by atoms with Crippen LogP contribution in [0.1, 0.15) is 47.5 Å². The number of hydrogen-bond acceptors (Lipinski definition) is 3. The van der Waals surface area contributed by atoms with Crippen LogP contribution in [0.5, 0.6) is 0 Å². The molecule has 2 amide bonds. The Morgan fingerprint density at radius 1 is 1.24 bits per heavy atom. The van der Waals surface area contributed by atoms with Gasteiger partial charge in [-0.25, -0.2) is 0 Å². The van der Waals surface area contributed by atoms with Crippen LogP contribution < -0.4 is 10.6 Å². The summed E-state index contributed by atoms with van der Waals surface area (Å²) in [4.78, 5) is 23.1. The predicted octanol–water partition coefficient (Wildman–Crippen LogP) is 0.567. The van der Waals surface area contributed by atoms with Gasteiger partial charge in [0.25, 0.3) is 0 Å². The van der Waals surface area contributed by atoms with E-state index in [9.17, 15) is 9.59 Å². The highest BCUT2D eigenvalue weighted by Crippen LogP contribution is 2.00. The normalized spacial score (nSPS) is 14.9. The lowest BCUT2D eigenvalue weighted by atomic mass is 10.1. The maximum Gasteiger partial charge on any atom is 0.242 e. The van der Waals surface area contributed by atoms with Crippen molar-refractivity contribution in [3.05, 3.63) is 0 Å². The maximum atomic E-state index is 11.7. The number of aliphatic hydroxyl groups is 1. The Kier molecular flexibility index (Phi) is 6.16. The fraction of sp³-hybridized carbons (Fsp3) is 0.833. The molecule has 0 radical (unpaired) electrons. The number of carbonyl (C=O) groups excluding carboxylic acids is 2. The molecule has 3 N–H and O–H groups in total. The van der Waals surface area contributed by atoms with Crippen molar-refractivity contribution in [3.63, 3.8) is 0 Å². The quantitative estimate of drug-likeness (QED) is 0.661. The molecule has 0 spiro atoms. The zero-order valence-electron chi connectivity index (χ0n) is 11.3. The average molecular weight is 244 g/mol. The first-order chi connectivity index (χ1) is 7.61. The highest BCUT2D eigenvalue weighted by Gasteiger charge is 2.20. The molecular weight excluding hydrogens is 220 g/mol. The summed E-state index contributed by atoms with van der Waals surface area (Å²) in [6.45, 7) is 8.91. The molecule has 0 aliphatic heterocycles. The van der Waals surface area contributed by atoms with Gasteiger partial charge in [0.1, 0.15) is 6.04 Å². The van der Waals surface area contributed by atoms with E-state index in [0.29, 0.717) is 6.42 Å². The summed E-state index contributed by atoms with van der Waals surface area (Å²) in [7, 11) is 0. The summed E-state index contributed by atoms with van der Waals surface area (Å²) in [5.41, 5.74) is -0.310. The minimum atomic E-state index is -0.560. The zero-order chi connectivity index (χ0) is 13.6. The topological polar surface area (TPSA) is 78.4 Å². The van der Waals surface area contributed by atoms with Gasteiger partial charge in [0.05, 0.1) is 6.10 Å². The van der Waals surface area contributed by atoms with Crippen molar-refractivity contribution in [3.8, 4) is 0 Å². The van der Waals surface area contributed by atoms with Crippen LogP contribution >= 0.6 is 0 Å². The van der Waals surface area contributed by atoms with Gasteiger partial charge in [-0.3, -0.25) is 9.59 Å². The smallest absolute Gasteiger partial charge is 0.242 e. The average Bonchev–Trinajstić information content (AvgIpc) is 2.11. The Morgan fingerprint density at radius 3 is 2.18 bits per heavy atom. The molecule has 2 atom stereocenters. The van der Waals surface area contributed by atoms with Crippen molar-refractivity contribution < 1.29 is 14.7 Å². The molecule has 17 heavy (non-hydrogen) atoms. The van der Waals surface area contributed by atoms with Gasteiger partial charge in [-0.2, -0.15) is 0 Å². The van der Waals surface area contributed by atoms with E-state index in [2.05, 4.69) is 10.6 Å². The van der Waals surface area contributed by atoms with Crippen molar-refractivity contribution >= 4 is 11.8 Å². The Hall–Kier alpha value is -1.10. The van der Waals surface area contributed by atoms with E-state index in [1.807, 2.05) is 20.8 Å². The van der Waals surface area contributed by atoms with Gasteiger partial charge in [-0.1, -0.05) is 0 Å². The SMILES string of the molecule is CC(O)CCC(=O)NC(C)C(=O)NC(C)(C)C. The van der Waals surface area contributed by atoms with Crippen LogP contribution in [0, 0.1) is 0 Å². The second kappa shape index (κ2) is 6.59. The maximum absolute atomic E-state index is 11.7. The standard InChI is InChI=1S/C12H24N2O3/c1-8(15)6-7-10(16)13-9(2)11(17)14-12(3,4)5/h8-9,15H,6-7H2,1-5H3,(H,13,16)(H,14,17). The van der Waals surface area contributed by atoms with E-state index >= 15 is 0 Å². The van der Waals surface area contributed by atoms with Crippen molar-refractivity contribution in [2.24, 2.45) is 0 Å². The lowest BCUT2D eigenvalue weighted by Gasteiger charge is -2.23. The minimum absolute atomic E-state index is 0.206. The fourth-order valence-electron chi connectivity index (χ4n) is 1.20. The third kappa shape index (κ3) is 8.68. The third-order valence-corrected chi connectivity index (χ3v) is 2.06. The highest BCUT2D eigenvalue weighted by atomic mass is 16.3. The van der Waals surface area contributed by atoms with Gasteiger partial charge in [-0.15, -0.1) is 0 Å². The zero-order valence-corrected chi connectivity index (χ0v) is 11.3. The second-order valence-electron chi connectivity index (χ2n) is 5.42. The second-order valence-corrected chi connectivity index (χ2v) is 5.42. The number of amides is 2. The number of aliphatic hydroxyl groups excluding tert-OH is 1. The first-order valence-electron chi connectivity index (χ1n) is 5.91. The van der Waals surface area contributed by atoms with Crippen LogP contribution in [0.4, 0.5) is 0 Å². The minimum Gasteiger partial charge on any atom is -0.393 e. The Balaban J connectivity index is 4.04. The predicted molar refractivity (Wildman–Crippen MR) is 66.4 cm³/mol. The van der Waals surface area contributed by atoms with Crippen LogP contribution in [-0.4, -0.2) is 34.6 Å². The lowest BCUT2D eigenvalue weighted by molar-refractivity contribution is -0.129. The molecule has 0 aromatic heterocycles. The summed E-state index contributed by atoms with van der Waals surface area (Å²) < 4.78 is 0. The van der Waals surface area contributed by atoms with Gasteiger partial charge in [-0.05, 0) is 41.0 Å². The monoisotopic (exact) mass is 244 g/mol. The molecule has 100 valence electrons. The van der Waals surface area contributed by atoms with Crippen molar-refractivity contribution in [1.82, 2.24) is 10.6 Å². The fourth-order valence-corrected chi connectivity index (χ4v) is 1.20. The molecule has 0 saturated heterocycles. The number of carbonyl (C=O) groups is 2. The van der Waals surface area contributed by atoms with E-state index in [4.69, 9.17) is 5.11 Å². The molecule has 0 aromatic rings. The lowest BCUT2D eigenvalue weighted by Crippen LogP contribution is -2.50. The molecule has 0 fully saturated rings. The summed E-state index contributed by atoms with van der Waals surface area (Å²) in [5.74, 6) is -0.426. The van der Waals surface area contributed by atoms with Gasteiger partial charge in [0, 0.05) is 12.0 Å². The van der Waals surface area contributed by atoms with Crippen LogP contribution in [0.3, 0.4) is 0 Å². The first kappa shape index (κ1) is 15.9. The molecule has 0 aliphatic rings. The van der Waals surface area contributed by atoms with Gasteiger partial charge in [0.2, 0.25) is 11.8 Å². The molecule has 0 bridgehead atoms. The molecular formula is C12H24N2O3. The van der Waals surface area contributed by atoms with E-state index in [0.717, 1.165) is 0 Å². The van der Waals surface area contributed by atoms with E-state index in [1.165, 1.54) is 0 Å². The number of hydrogen-bond donors (Lipinski definition) is 3. The highest BCUT2D eigenvalue weighted by molar-refractivity contribution is 5.87. The molecule has 0 rings (SSSR count). The molecule has 0 heterocycles. The van der Waals surface area contributed by atoms with Gasteiger partial charge < -0.3 is 15.7 Å². The Labute approximate surface area is 103 Å². The molecule has 0 saturated carbocycles. The van der Waals surface area contributed by atoms with Crippen LogP contribution in [0.2, 0.25) is 0 Å². The summed E-state index contributed by atoms with van der Waals surface area (Å²) in [6.07, 6.45) is 0.129. The van der Waals surface area contributed by atoms with Crippen molar-refractivity contribution in [2.45, 2.75) is 65.1 Å². The summed E-state index contributed by atoms with van der Waals surface area (Å²) in [5, 5.41) is 14.4. The number of nitrogens with one attached hydrogen (secondary N) is 2. The molecule has 5 nitrogen and oxygen atoms in total. The first-order valence-corrected chi connectivity index (χ1v) is 5.91. The van der Waals surface area contributed by atoms with Crippen LogP contribution in [0.15, 0.2) is 0 Å². The molecule has 2 unspecified atom stereocenters. The van der Waals surface area contributed by atoms with Crippen LogP contribution in [-0.2, 0) is 9.59 Å².